The number of hydrogen-bond donors (Lipinski definition) is 1. The predicted octanol–water partition coefficient (Wildman–Crippen LogP) is 0.917. The molecular formula is C8H16FN3. The van der Waals surface area contributed by atoms with E-state index in [4.69, 9.17) is 5.41 Å². The number of nitrogens with one attached hydrogen (secondary N) is 1. The van der Waals surface area contributed by atoms with Crippen molar-refractivity contribution >= 4 is 5.96 Å². The van der Waals surface area contributed by atoms with E-state index in [1.165, 1.54) is 0 Å². The average molecular weight is 173 g/mol. The maximum absolute atomic E-state index is 12.0. The minimum atomic E-state index is -0.367. The number of hydrogen-bond acceptors (Lipinski definition) is 1. The molecule has 1 heterocycles. The molecule has 12 heavy (non-hydrogen) atoms. The maximum atomic E-state index is 12.0. The topological polar surface area (TPSA) is 30.3 Å². The molecule has 4 heteroatoms. The summed E-state index contributed by atoms with van der Waals surface area (Å²) in [6, 6.07) is 0.349. The molecule has 0 amide bonds. The van der Waals surface area contributed by atoms with E-state index in [9.17, 15) is 4.39 Å². The van der Waals surface area contributed by atoms with E-state index in [1.54, 1.807) is 4.90 Å². The minimum Gasteiger partial charge on any atom is -0.339 e. The van der Waals surface area contributed by atoms with Gasteiger partial charge in [0.15, 0.2) is 5.96 Å². The Morgan fingerprint density at radius 3 is 2.58 bits per heavy atom. The molecular weight excluding hydrogens is 157 g/mol. The zero-order chi connectivity index (χ0) is 9.14. The molecule has 0 aromatic carbocycles. The Bertz CT molecular complexity index is 170. The molecule has 0 unspecified atom stereocenters. The Kier molecular flexibility index (Phi) is 2.89. The van der Waals surface area contributed by atoms with Gasteiger partial charge in [-0.25, -0.2) is 4.39 Å². The summed E-state index contributed by atoms with van der Waals surface area (Å²) in [5, 5.41) is 7.68. The first kappa shape index (κ1) is 9.29. The van der Waals surface area contributed by atoms with Gasteiger partial charge in [-0.05, 0) is 13.8 Å². The Hall–Kier alpha value is -0.800. The van der Waals surface area contributed by atoms with Gasteiger partial charge < -0.3 is 9.80 Å². The third kappa shape index (κ3) is 1.68. The highest BCUT2D eigenvalue weighted by atomic mass is 19.1. The Balaban J connectivity index is 2.49. The van der Waals surface area contributed by atoms with Gasteiger partial charge in [-0.1, -0.05) is 0 Å². The first-order chi connectivity index (χ1) is 5.66. The fraction of sp³-hybridized carbons (Fsp3) is 0.875. The molecule has 1 aliphatic rings. The lowest BCUT2D eigenvalue weighted by Crippen LogP contribution is -2.37. The second kappa shape index (κ2) is 3.74. The molecule has 1 fully saturated rings. The summed E-state index contributed by atoms with van der Waals surface area (Å²) < 4.78 is 12.0. The van der Waals surface area contributed by atoms with Crippen molar-refractivity contribution in [2.24, 2.45) is 0 Å². The zero-order valence-corrected chi connectivity index (χ0v) is 7.68. The second-order valence-corrected chi connectivity index (χ2v) is 3.29. The average Bonchev–Trinajstić information content (AvgIpc) is 2.34. The quantitative estimate of drug-likeness (QED) is 0.687. The highest BCUT2D eigenvalue weighted by Crippen LogP contribution is 2.10. The molecule has 0 aromatic heterocycles. The van der Waals surface area contributed by atoms with Crippen LogP contribution in [-0.4, -0.2) is 48.1 Å². The number of alkyl halides is 1. The van der Waals surface area contributed by atoms with Crippen molar-refractivity contribution in [3.8, 4) is 0 Å². The van der Waals surface area contributed by atoms with Crippen molar-refractivity contribution in [2.45, 2.75) is 19.9 Å². The van der Waals surface area contributed by atoms with Gasteiger partial charge >= 0.3 is 0 Å². The molecule has 0 radical (unpaired) electrons. The van der Waals surface area contributed by atoms with Gasteiger partial charge in [0.2, 0.25) is 0 Å². The van der Waals surface area contributed by atoms with Crippen LogP contribution in [0.25, 0.3) is 0 Å². The first-order valence-corrected chi connectivity index (χ1v) is 4.33. The molecule has 70 valence electrons. The summed E-state index contributed by atoms with van der Waals surface area (Å²) in [6.07, 6.45) is 0. The van der Waals surface area contributed by atoms with Crippen LogP contribution in [0, 0.1) is 5.41 Å². The minimum absolute atomic E-state index is 0.349. The number of nitrogens with zero attached hydrogens (tertiary/aromatic N) is 2. The van der Waals surface area contributed by atoms with Crippen molar-refractivity contribution in [2.75, 3.05) is 26.3 Å². The largest absolute Gasteiger partial charge is 0.339 e. The summed E-state index contributed by atoms with van der Waals surface area (Å²) in [4.78, 5) is 3.76. The van der Waals surface area contributed by atoms with Gasteiger partial charge in [-0.2, -0.15) is 0 Å². The van der Waals surface area contributed by atoms with Crippen LogP contribution in [0.2, 0.25) is 0 Å². The lowest BCUT2D eigenvalue weighted by atomic mass is 10.3. The number of rotatable bonds is 3. The van der Waals surface area contributed by atoms with Gasteiger partial charge in [0.1, 0.15) is 6.67 Å². The lowest BCUT2D eigenvalue weighted by Gasteiger charge is -2.23. The van der Waals surface area contributed by atoms with Crippen LogP contribution in [-0.2, 0) is 0 Å². The van der Waals surface area contributed by atoms with E-state index in [1.807, 2.05) is 18.7 Å². The molecule has 1 N–H and O–H groups in total. The van der Waals surface area contributed by atoms with Crippen molar-refractivity contribution in [3.63, 3.8) is 0 Å². The molecule has 0 saturated carbocycles. The molecule has 0 spiro atoms. The van der Waals surface area contributed by atoms with Crippen LogP contribution in [0.3, 0.4) is 0 Å². The molecule has 1 rings (SSSR count). The highest BCUT2D eigenvalue weighted by Gasteiger charge is 2.25. The van der Waals surface area contributed by atoms with Crippen molar-refractivity contribution in [1.29, 1.82) is 5.41 Å². The monoisotopic (exact) mass is 173 g/mol. The molecule has 0 aliphatic carbocycles. The fourth-order valence-electron chi connectivity index (χ4n) is 1.44. The molecule has 1 aliphatic heterocycles. The lowest BCUT2D eigenvalue weighted by molar-refractivity contribution is 0.371. The normalized spacial score (nSPS) is 18.2. The standard InChI is InChI=1S/C8H16FN3/c1-7(2)12-6-5-11(4-3-9)8(12)10/h7,10H,3-6H2,1-2H3. The van der Waals surface area contributed by atoms with Crippen LogP contribution in [0.5, 0.6) is 0 Å². The predicted molar refractivity (Wildman–Crippen MR) is 47.1 cm³/mol. The highest BCUT2D eigenvalue weighted by molar-refractivity contribution is 5.79. The molecule has 0 bridgehead atoms. The van der Waals surface area contributed by atoms with E-state index in [0.29, 0.717) is 18.5 Å². The number of guanidine groups is 1. The van der Waals surface area contributed by atoms with Crippen molar-refractivity contribution < 1.29 is 4.39 Å². The Morgan fingerprint density at radius 1 is 1.50 bits per heavy atom. The van der Waals surface area contributed by atoms with E-state index in [0.717, 1.165) is 13.1 Å². The molecule has 0 aromatic rings. The zero-order valence-electron chi connectivity index (χ0n) is 7.68. The third-order valence-electron chi connectivity index (χ3n) is 2.16. The van der Waals surface area contributed by atoms with Crippen LogP contribution in [0.15, 0.2) is 0 Å². The van der Waals surface area contributed by atoms with E-state index >= 15 is 0 Å². The fourth-order valence-corrected chi connectivity index (χ4v) is 1.44. The van der Waals surface area contributed by atoms with Gasteiger partial charge in [-0.3, -0.25) is 5.41 Å². The van der Waals surface area contributed by atoms with Crippen LogP contribution in [0.1, 0.15) is 13.8 Å². The summed E-state index contributed by atoms with van der Waals surface area (Å²) in [5.41, 5.74) is 0. The smallest absolute Gasteiger partial charge is 0.194 e. The second-order valence-electron chi connectivity index (χ2n) is 3.29. The van der Waals surface area contributed by atoms with Gasteiger partial charge in [-0.15, -0.1) is 0 Å². The van der Waals surface area contributed by atoms with Gasteiger partial charge in [0.05, 0.1) is 0 Å². The van der Waals surface area contributed by atoms with Crippen molar-refractivity contribution in [1.82, 2.24) is 9.80 Å². The molecule has 3 nitrogen and oxygen atoms in total. The van der Waals surface area contributed by atoms with Crippen LogP contribution in [0.4, 0.5) is 4.39 Å². The summed E-state index contributed by atoms with van der Waals surface area (Å²) in [7, 11) is 0. The maximum Gasteiger partial charge on any atom is 0.194 e. The van der Waals surface area contributed by atoms with E-state index < -0.39 is 0 Å². The molecule has 1 saturated heterocycles. The van der Waals surface area contributed by atoms with Gasteiger partial charge in [0.25, 0.3) is 0 Å². The Morgan fingerprint density at radius 2 is 2.17 bits per heavy atom. The van der Waals surface area contributed by atoms with Crippen molar-refractivity contribution in [3.05, 3.63) is 0 Å². The summed E-state index contributed by atoms with van der Waals surface area (Å²) in [6.45, 7) is 5.74. The van der Waals surface area contributed by atoms with E-state index in [2.05, 4.69) is 0 Å². The van der Waals surface area contributed by atoms with Crippen LogP contribution >= 0.6 is 0 Å². The first-order valence-electron chi connectivity index (χ1n) is 4.33. The van der Waals surface area contributed by atoms with Gasteiger partial charge in [0, 0.05) is 25.7 Å². The van der Waals surface area contributed by atoms with E-state index in [-0.39, 0.29) is 6.67 Å². The number of halogens is 1. The summed E-state index contributed by atoms with van der Waals surface area (Å²) >= 11 is 0. The summed E-state index contributed by atoms with van der Waals surface area (Å²) in [5.74, 6) is 0.475. The molecule has 0 atom stereocenters. The SMILES string of the molecule is CC(C)N1CCN(CCF)C1=N. The third-order valence-corrected chi connectivity index (χ3v) is 2.16. The van der Waals surface area contributed by atoms with Crippen LogP contribution < -0.4 is 0 Å². The Labute approximate surface area is 72.7 Å².